The van der Waals surface area contributed by atoms with Gasteiger partial charge >= 0.3 is 5.97 Å². The summed E-state index contributed by atoms with van der Waals surface area (Å²) >= 11 is 0. The Morgan fingerprint density at radius 1 is 1.05 bits per heavy atom. The summed E-state index contributed by atoms with van der Waals surface area (Å²) in [6.07, 6.45) is 6.63. The van der Waals surface area contributed by atoms with E-state index < -0.39 is 34.8 Å². The van der Waals surface area contributed by atoms with Crippen LogP contribution in [0.5, 0.6) is 0 Å². The van der Waals surface area contributed by atoms with Gasteiger partial charge in [-0.25, -0.2) is 4.79 Å². The quantitative estimate of drug-likeness (QED) is 0.188. The molecular weight excluding hydrogens is 488 g/mol. The number of carbonyl (C=O) groups excluding carboxylic acids is 1. The molecule has 9 heteroatoms. The van der Waals surface area contributed by atoms with Crippen LogP contribution in [-0.2, 0) is 18.9 Å². The monoisotopic (exact) mass is 526 g/mol. The Morgan fingerprint density at radius 2 is 1.79 bits per heavy atom. The van der Waals surface area contributed by atoms with Crippen LogP contribution in [0, 0.1) is 41.6 Å². The van der Waals surface area contributed by atoms with Crippen molar-refractivity contribution < 1.29 is 34.0 Å². The van der Waals surface area contributed by atoms with Crippen molar-refractivity contribution in [1.82, 2.24) is 5.32 Å². The summed E-state index contributed by atoms with van der Waals surface area (Å²) < 4.78 is 24.3. The maximum absolute atomic E-state index is 13.4. The fourth-order valence-corrected chi connectivity index (χ4v) is 9.88. The second kappa shape index (κ2) is 8.83. The molecular formula is C29H38N2O7. The standard InChI is InChI=1S/C29H38N2O7/c1-5-31-20-12-21(38-26(32)16-8-6-7-9-19(16)30)18-10-15-13-27(18,25(20)37-4)23-11-17-22(35-2)14-28(15,33)29(23,34)24(17)36-3/h1,6-9,15,17-18,20-25,31,33-34H,10-14,30H2,2-4H3/t15?,17-,18?,20?,21?,22+,23?,24+,25+,27-,28+,29+/m1/s1. The van der Waals surface area contributed by atoms with E-state index in [1.807, 2.05) is 0 Å². The molecule has 1 aromatic rings. The SMILES string of the molecule is C#CNC1CC(OC(=O)c2ccccc2N)C2CC3C[C@@]2(C2C[C@@H]4[C@@H](OC)C[C@@]3(O)[C@@]2(O)[C@H]4OC)[C@H]1OC. The normalized spacial score (nSPS) is 48.2. The van der Waals surface area contributed by atoms with Gasteiger partial charge in [-0.15, -0.1) is 0 Å². The fourth-order valence-electron chi connectivity index (χ4n) is 9.88. The summed E-state index contributed by atoms with van der Waals surface area (Å²) in [7, 11) is 4.92. The van der Waals surface area contributed by atoms with Crippen molar-refractivity contribution in [2.75, 3.05) is 27.1 Å². The highest BCUT2D eigenvalue weighted by Gasteiger charge is 2.84. The molecule has 0 amide bonds. The molecule has 38 heavy (non-hydrogen) atoms. The van der Waals surface area contributed by atoms with Gasteiger partial charge in [0.2, 0.25) is 0 Å². The van der Waals surface area contributed by atoms with Crippen LogP contribution in [-0.4, -0.2) is 79.2 Å². The number of anilines is 1. The van der Waals surface area contributed by atoms with Crippen LogP contribution < -0.4 is 11.1 Å². The van der Waals surface area contributed by atoms with Gasteiger partial charge < -0.3 is 40.2 Å². The van der Waals surface area contributed by atoms with E-state index in [2.05, 4.69) is 11.4 Å². The molecule has 5 N–H and O–H groups in total. The summed E-state index contributed by atoms with van der Waals surface area (Å²) in [4.78, 5) is 13.4. The molecule has 0 radical (unpaired) electrons. The molecule has 4 bridgehead atoms. The molecule has 1 spiro atoms. The molecule has 12 atom stereocenters. The number of rotatable bonds is 6. The lowest BCUT2D eigenvalue weighted by Gasteiger charge is -2.63. The average Bonchev–Trinajstić information content (AvgIpc) is 3.42. The molecule has 5 saturated carbocycles. The summed E-state index contributed by atoms with van der Waals surface area (Å²) in [5, 5.41) is 28.1. The van der Waals surface area contributed by atoms with Gasteiger partial charge in [0.05, 0.1) is 29.9 Å². The van der Waals surface area contributed by atoms with E-state index in [9.17, 15) is 15.0 Å². The first kappa shape index (κ1) is 25.9. The highest BCUT2D eigenvalue weighted by molar-refractivity contribution is 5.95. The summed E-state index contributed by atoms with van der Waals surface area (Å²) in [5.41, 5.74) is 3.26. The first-order valence-corrected chi connectivity index (χ1v) is 13.5. The maximum atomic E-state index is 13.4. The third kappa shape index (κ3) is 3.04. The Labute approximate surface area is 223 Å². The predicted octanol–water partition coefficient (Wildman–Crippen LogP) is 1.32. The number of terminal acetylenes is 1. The molecule has 0 heterocycles. The molecule has 5 unspecified atom stereocenters. The number of nitrogens with two attached hydrogens (primary N) is 1. The van der Waals surface area contributed by atoms with E-state index >= 15 is 0 Å². The van der Waals surface area contributed by atoms with Gasteiger partial charge in [-0.05, 0) is 37.3 Å². The van der Waals surface area contributed by atoms with Crippen LogP contribution in [0.2, 0.25) is 0 Å². The van der Waals surface area contributed by atoms with Crippen molar-refractivity contribution in [1.29, 1.82) is 0 Å². The minimum atomic E-state index is -1.49. The van der Waals surface area contributed by atoms with Crippen LogP contribution in [0.4, 0.5) is 5.69 Å². The lowest BCUT2D eigenvalue weighted by molar-refractivity contribution is -0.309. The number of nitrogen functional groups attached to an aromatic ring is 1. The number of esters is 1. The Hall–Kier alpha value is -2.35. The van der Waals surface area contributed by atoms with E-state index in [4.69, 9.17) is 31.1 Å². The van der Waals surface area contributed by atoms with Crippen molar-refractivity contribution in [3.8, 4) is 12.5 Å². The van der Waals surface area contributed by atoms with Crippen LogP contribution in [0.15, 0.2) is 24.3 Å². The van der Waals surface area contributed by atoms with Crippen molar-refractivity contribution in [3.63, 3.8) is 0 Å². The summed E-state index contributed by atoms with van der Waals surface area (Å²) in [5.74, 6) is -1.35. The molecule has 206 valence electrons. The Balaban J connectivity index is 1.46. The van der Waals surface area contributed by atoms with Crippen molar-refractivity contribution in [2.24, 2.45) is 29.1 Å². The zero-order valence-electron chi connectivity index (χ0n) is 22.1. The number of benzene rings is 1. The number of hydrogen-bond donors (Lipinski definition) is 4. The summed E-state index contributed by atoms with van der Waals surface area (Å²) in [6, 6.07) is 9.10. The van der Waals surface area contributed by atoms with E-state index in [-0.39, 0.29) is 41.9 Å². The molecule has 0 aliphatic heterocycles. The van der Waals surface area contributed by atoms with E-state index in [1.165, 1.54) is 0 Å². The minimum absolute atomic E-state index is 0.0850. The minimum Gasteiger partial charge on any atom is -0.458 e. The highest BCUT2D eigenvalue weighted by Crippen LogP contribution is 2.76. The molecule has 6 rings (SSSR count). The fraction of sp³-hybridized carbons (Fsp3) is 0.690. The molecule has 1 aromatic carbocycles. The molecule has 0 aromatic heterocycles. The number of aliphatic hydroxyl groups is 2. The number of carbonyl (C=O) groups is 1. The van der Waals surface area contributed by atoms with Crippen LogP contribution in [0.3, 0.4) is 0 Å². The highest BCUT2D eigenvalue weighted by atomic mass is 16.5. The number of nitrogens with one attached hydrogen (secondary N) is 1. The van der Waals surface area contributed by atoms with E-state index in [1.54, 1.807) is 45.6 Å². The third-order valence-electron chi connectivity index (χ3n) is 11.0. The molecule has 5 aliphatic carbocycles. The zero-order chi connectivity index (χ0) is 27.0. The number of hydrogen-bond acceptors (Lipinski definition) is 9. The van der Waals surface area contributed by atoms with Gasteiger partial charge in [0.25, 0.3) is 0 Å². The first-order valence-electron chi connectivity index (χ1n) is 13.5. The second-order valence-corrected chi connectivity index (χ2v) is 12.0. The first-order chi connectivity index (χ1) is 18.2. The van der Waals surface area contributed by atoms with Gasteiger partial charge in [-0.2, -0.15) is 0 Å². The Bertz CT molecular complexity index is 1160. The second-order valence-electron chi connectivity index (χ2n) is 12.0. The zero-order valence-corrected chi connectivity index (χ0v) is 22.1. The largest absolute Gasteiger partial charge is 0.458 e. The van der Waals surface area contributed by atoms with E-state index in [0.29, 0.717) is 43.4 Å². The number of para-hydroxylation sites is 1. The van der Waals surface area contributed by atoms with Crippen molar-refractivity contribution >= 4 is 11.7 Å². The van der Waals surface area contributed by atoms with Gasteiger partial charge in [-0.3, -0.25) is 0 Å². The Morgan fingerprint density at radius 3 is 2.45 bits per heavy atom. The van der Waals surface area contributed by atoms with Gasteiger partial charge in [0, 0.05) is 69.1 Å². The maximum Gasteiger partial charge on any atom is 0.340 e. The predicted molar refractivity (Wildman–Crippen MR) is 138 cm³/mol. The van der Waals surface area contributed by atoms with Crippen molar-refractivity contribution in [3.05, 3.63) is 29.8 Å². The van der Waals surface area contributed by atoms with Gasteiger partial charge in [-0.1, -0.05) is 18.6 Å². The van der Waals surface area contributed by atoms with Gasteiger partial charge in [0.15, 0.2) is 0 Å². The smallest absolute Gasteiger partial charge is 0.340 e. The molecule has 5 fully saturated rings. The average molecular weight is 527 g/mol. The number of fused-ring (bicyclic) bond motifs is 3. The van der Waals surface area contributed by atoms with Crippen molar-refractivity contribution in [2.45, 2.75) is 73.8 Å². The van der Waals surface area contributed by atoms with Crippen LogP contribution in [0.1, 0.15) is 42.5 Å². The van der Waals surface area contributed by atoms with E-state index in [0.717, 1.165) is 0 Å². The topological polar surface area (TPSA) is 132 Å². The van der Waals surface area contributed by atoms with Crippen LogP contribution in [0.25, 0.3) is 0 Å². The molecule has 9 nitrogen and oxygen atoms in total. The van der Waals surface area contributed by atoms with Gasteiger partial charge in [0.1, 0.15) is 17.3 Å². The molecule has 5 aliphatic rings. The third-order valence-corrected chi connectivity index (χ3v) is 11.0. The lowest BCUT2D eigenvalue weighted by Crippen LogP contribution is -2.76. The summed E-state index contributed by atoms with van der Waals surface area (Å²) in [6.45, 7) is 0. The lowest BCUT2D eigenvalue weighted by atomic mass is 9.48. The Kier molecular flexibility index (Phi) is 6.02. The van der Waals surface area contributed by atoms with Crippen LogP contribution >= 0.6 is 0 Å². The number of methoxy groups -OCH3 is 3. The number of ether oxygens (including phenoxy) is 4. The molecule has 0 saturated heterocycles.